The molecule has 0 saturated carbocycles. The van der Waals surface area contributed by atoms with Gasteiger partial charge in [-0.05, 0) is 24.3 Å². The Morgan fingerprint density at radius 3 is 2.79 bits per heavy atom. The van der Waals surface area contributed by atoms with Crippen molar-refractivity contribution in [1.82, 2.24) is 19.9 Å². The van der Waals surface area contributed by atoms with E-state index < -0.39 is 0 Å². The molecule has 0 bridgehead atoms. The number of para-hydroxylation sites is 1. The number of furan rings is 1. The van der Waals surface area contributed by atoms with Gasteiger partial charge in [0.15, 0.2) is 5.69 Å². The molecule has 3 aromatic rings. The average Bonchev–Trinajstić information content (AvgIpc) is 3.30. The van der Waals surface area contributed by atoms with Gasteiger partial charge in [-0.2, -0.15) is 9.90 Å². The summed E-state index contributed by atoms with van der Waals surface area (Å²) in [5.41, 5.74) is 1.08. The Bertz CT molecular complexity index is 768. The van der Waals surface area contributed by atoms with Gasteiger partial charge in [0.2, 0.25) is 0 Å². The van der Waals surface area contributed by atoms with Crippen molar-refractivity contribution in [3.63, 3.8) is 0 Å². The lowest BCUT2D eigenvalue weighted by Gasteiger charge is -2.19. The third kappa shape index (κ3) is 3.69. The minimum Gasteiger partial charge on any atom is -0.467 e. The monoisotopic (exact) mass is 326 g/mol. The molecule has 0 atom stereocenters. The quantitative estimate of drug-likeness (QED) is 0.665. The van der Waals surface area contributed by atoms with E-state index in [2.05, 4.69) is 10.2 Å². The third-order valence-electron chi connectivity index (χ3n) is 3.48. The molecule has 7 nitrogen and oxygen atoms in total. The van der Waals surface area contributed by atoms with E-state index in [1.165, 1.54) is 11.0 Å². The molecular weight excluding hydrogens is 308 g/mol. The van der Waals surface area contributed by atoms with Crippen molar-refractivity contribution in [3.8, 4) is 5.69 Å². The molecule has 0 spiro atoms. The topological polar surface area (TPSA) is 73.4 Å². The molecule has 1 aromatic carbocycles. The molecule has 3 rings (SSSR count). The third-order valence-corrected chi connectivity index (χ3v) is 3.48. The van der Waals surface area contributed by atoms with Crippen molar-refractivity contribution in [1.29, 1.82) is 0 Å². The number of hydrogen-bond acceptors (Lipinski definition) is 5. The normalized spacial score (nSPS) is 10.7. The average molecular weight is 326 g/mol. The zero-order chi connectivity index (χ0) is 16.8. The van der Waals surface area contributed by atoms with Gasteiger partial charge in [-0.3, -0.25) is 4.79 Å². The van der Waals surface area contributed by atoms with E-state index in [-0.39, 0.29) is 11.6 Å². The van der Waals surface area contributed by atoms with Crippen LogP contribution in [0.4, 0.5) is 0 Å². The van der Waals surface area contributed by atoms with Crippen LogP contribution in [0.3, 0.4) is 0 Å². The Hall–Kier alpha value is -2.93. The van der Waals surface area contributed by atoms with Crippen LogP contribution in [0, 0.1) is 0 Å². The summed E-state index contributed by atoms with van der Waals surface area (Å²) in [6, 6.07) is 13.1. The zero-order valence-electron chi connectivity index (χ0n) is 13.3. The Labute approximate surface area is 139 Å². The predicted octanol–water partition coefficient (Wildman–Crippen LogP) is 2.15. The standard InChI is InChI=1S/C17H18N4O3/c1-23-11-9-20(13-15-8-5-10-24-15)17(22)16-12-18-21(19-16)14-6-3-2-4-7-14/h2-8,10,12H,9,11,13H2,1H3. The Morgan fingerprint density at radius 1 is 1.25 bits per heavy atom. The second-order valence-electron chi connectivity index (χ2n) is 5.15. The maximum Gasteiger partial charge on any atom is 0.276 e. The number of ether oxygens (including phenoxy) is 1. The fourth-order valence-corrected chi connectivity index (χ4v) is 2.25. The van der Waals surface area contributed by atoms with Crippen molar-refractivity contribution < 1.29 is 13.9 Å². The Morgan fingerprint density at radius 2 is 2.08 bits per heavy atom. The van der Waals surface area contributed by atoms with Gasteiger partial charge in [0, 0.05) is 13.7 Å². The molecule has 0 aliphatic heterocycles. The number of rotatable bonds is 7. The van der Waals surface area contributed by atoms with Gasteiger partial charge < -0.3 is 14.1 Å². The summed E-state index contributed by atoms with van der Waals surface area (Å²) >= 11 is 0. The summed E-state index contributed by atoms with van der Waals surface area (Å²) in [6.45, 7) is 1.22. The lowest BCUT2D eigenvalue weighted by atomic mass is 10.3. The number of carbonyl (C=O) groups is 1. The molecule has 2 heterocycles. The summed E-state index contributed by atoms with van der Waals surface area (Å²) in [5.74, 6) is 0.487. The van der Waals surface area contributed by atoms with Crippen LogP contribution < -0.4 is 0 Å². The first kappa shape index (κ1) is 15.9. The zero-order valence-corrected chi connectivity index (χ0v) is 13.3. The first-order valence-electron chi connectivity index (χ1n) is 7.56. The SMILES string of the molecule is COCCN(Cc1ccco1)C(=O)c1cnn(-c2ccccc2)n1. The summed E-state index contributed by atoms with van der Waals surface area (Å²) in [5, 5.41) is 8.45. The number of carbonyl (C=O) groups excluding carboxylic acids is 1. The lowest BCUT2D eigenvalue weighted by molar-refractivity contribution is 0.0660. The van der Waals surface area contributed by atoms with E-state index in [4.69, 9.17) is 9.15 Å². The number of amides is 1. The molecule has 0 aliphatic carbocycles. The fourth-order valence-electron chi connectivity index (χ4n) is 2.25. The molecule has 0 aliphatic rings. The smallest absolute Gasteiger partial charge is 0.276 e. The van der Waals surface area contributed by atoms with Gasteiger partial charge in [0.05, 0.1) is 31.3 Å². The highest BCUT2D eigenvalue weighted by molar-refractivity contribution is 5.91. The number of hydrogen-bond donors (Lipinski definition) is 0. The van der Waals surface area contributed by atoms with Gasteiger partial charge in [-0.15, -0.1) is 5.10 Å². The summed E-state index contributed by atoms with van der Waals surface area (Å²) in [6.07, 6.45) is 3.05. The van der Waals surface area contributed by atoms with Crippen LogP contribution >= 0.6 is 0 Å². The molecule has 124 valence electrons. The van der Waals surface area contributed by atoms with Crippen molar-refractivity contribution in [2.75, 3.05) is 20.3 Å². The van der Waals surface area contributed by atoms with Crippen LogP contribution in [-0.2, 0) is 11.3 Å². The maximum absolute atomic E-state index is 12.7. The van der Waals surface area contributed by atoms with E-state index in [0.717, 1.165) is 5.69 Å². The number of methoxy groups -OCH3 is 1. The highest BCUT2D eigenvalue weighted by Crippen LogP contribution is 2.10. The van der Waals surface area contributed by atoms with E-state index in [9.17, 15) is 4.79 Å². The van der Waals surface area contributed by atoms with Crippen LogP contribution in [0.2, 0.25) is 0 Å². The van der Waals surface area contributed by atoms with E-state index in [1.807, 2.05) is 36.4 Å². The predicted molar refractivity (Wildman–Crippen MR) is 86.7 cm³/mol. The summed E-state index contributed by atoms with van der Waals surface area (Å²) in [4.78, 5) is 15.8. The maximum atomic E-state index is 12.7. The van der Waals surface area contributed by atoms with Crippen molar-refractivity contribution in [2.24, 2.45) is 0 Å². The number of aromatic nitrogens is 3. The first-order valence-corrected chi connectivity index (χ1v) is 7.56. The van der Waals surface area contributed by atoms with E-state index in [0.29, 0.717) is 25.5 Å². The molecule has 7 heteroatoms. The van der Waals surface area contributed by atoms with E-state index in [1.54, 1.807) is 24.3 Å². The Kier molecular flexibility index (Phi) is 5.02. The summed E-state index contributed by atoms with van der Waals surface area (Å²) in [7, 11) is 1.60. The molecule has 24 heavy (non-hydrogen) atoms. The molecule has 0 unspecified atom stereocenters. The molecule has 0 radical (unpaired) electrons. The molecule has 1 amide bonds. The van der Waals surface area contributed by atoms with Gasteiger partial charge in [-0.25, -0.2) is 0 Å². The van der Waals surface area contributed by atoms with Crippen LogP contribution in [0.1, 0.15) is 16.2 Å². The largest absolute Gasteiger partial charge is 0.467 e. The highest BCUT2D eigenvalue weighted by atomic mass is 16.5. The molecule has 0 N–H and O–H groups in total. The minimum absolute atomic E-state index is 0.217. The fraction of sp³-hybridized carbons (Fsp3) is 0.235. The van der Waals surface area contributed by atoms with Gasteiger partial charge >= 0.3 is 0 Å². The van der Waals surface area contributed by atoms with Crippen LogP contribution in [-0.4, -0.2) is 46.1 Å². The molecule has 2 aromatic heterocycles. The number of nitrogens with zero attached hydrogens (tertiary/aromatic N) is 4. The van der Waals surface area contributed by atoms with Crippen LogP contribution in [0.15, 0.2) is 59.3 Å². The van der Waals surface area contributed by atoms with Crippen molar-refractivity contribution in [3.05, 3.63) is 66.4 Å². The van der Waals surface area contributed by atoms with Crippen molar-refractivity contribution in [2.45, 2.75) is 6.54 Å². The van der Waals surface area contributed by atoms with Gasteiger partial charge in [-0.1, -0.05) is 18.2 Å². The molecule has 0 fully saturated rings. The highest BCUT2D eigenvalue weighted by Gasteiger charge is 2.20. The molecular formula is C17H18N4O3. The van der Waals surface area contributed by atoms with Crippen molar-refractivity contribution >= 4 is 5.91 Å². The molecule has 0 saturated heterocycles. The van der Waals surface area contributed by atoms with Crippen LogP contribution in [0.5, 0.6) is 0 Å². The Balaban J connectivity index is 1.78. The van der Waals surface area contributed by atoms with E-state index >= 15 is 0 Å². The number of benzene rings is 1. The van der Waals surface area contributed by atoms with Gasteiger partial charge in [0.25, 0.3) is 5.91 Å². The second kappa shape index (κ2) is 7.56. The lowest BCUT2D eigenvalue weighted by Crippen LogP contribution is -2.33. The minimum atomic E-state index is -0.217. The second-order valence-corrected chi connectivity index (χ2v) is 5.15. The van der Waals surface area contributed by atoms with Gasteiger partial charge in [0.1, 0.15) is 5.76 Å². The van der Waals surface area contributed by atoms with Crippen LogP contribution in [0.25, 0.3) is 5.69 Å². The summed E-state index contributed by atoms with van der Waals surface area (Å²) < 4.78 is 10.4. The first-order chi connectivity index (χ1) is 11.8.